The van der Waals surface area contributed by atoms with Crippen LogP contribution in [0.3, 0.4) is 0 Å². The number of aryl methyl sites for hydroxylation is 1. The molecule has 1 N–H and O–H groups in total. The average molecular weight is 223 g/mol. The van der Waals surface area contributed by atoms with Crippen LogP contribution in [-0.4, -0.2) is 15.9 Å². The van der Waals surface area contributed by atoms with E-state index in [9.17, 15) is 10.1 Å². The molecule has 0 saturated heterocycles. The van der Waals surface area contributed by atoms with Gasteiger partial charge in [-0.1, -0.05) is 13.8 Å². The van der Waals surface area contributed by atoms with Crippen LogP contribution in [0.4, 0.5) is 11.5 Å². The van der Waals surface area contributed by atoms with Crippen LogP contribution < -0.4 is 5.32 Å². The Morgan fingerprint density at radius 1 is 1.44 bits per heavy atom. The Morgan fingerprint density at radius 2 is 2.06 bits per heavy atom. The van der Waals surface area contributed by atoms with E-state index in [0.717, 1.165) is 0 Å². The molecule has 0 aliphatic heterocycles. The van der Waals surface area contributed by atoms with E-state index in [4.69, 9.17) is 0 Å². The molecule has 5 nitrogen and oxygen atoms in total. The Morgan fingerprint density at radius 3 is 2.56 bits per heavy atom. The fourth-order valence-electron chi connectivity index (χ4n) is 1.19. The topological polar surface area (TPSA) is 68.1 Å². The number of pyridine rings is 1. The number of nitrogens with zero attached hydrogens (tertiary/aromatic N) is 2. The smallest absolute Gasteiger partial charge is 0.277 e. The number of nitrogens with one attached hydrogen (secondary N) is 1. The van der Waals surface area contributed by atoms with Crippen LogP contribution in [0.25, 0.3) is 0 Å². The minimum absolute atomic E-state index is 0.105. The molecule has 16 heavy (non-hydrogen) atoms. The number of rotatable bonds is 4. The molecular formula is C11H17N3O2. The van der Waals surface area contributed by atoms with Crippen molar-refractivity contribution in [1.82, 2.24) is 4.98 Å². The fourth-order valence-corrected chi connectivity index (χ4v) is 1.19. The molecule has 1 atom stereocenters. The largest absolute Gasteiger partial charge is 0.367 e. The summed E-state index contributed by atoms with van der Waals surface area (Å²) in [5.74, 6) is 1.00. The van der Waals surface area contributed by atoms with Gasteiger partial charge in [-0.15, -0.1) is 0 Å². The van der Waals surface area contributed by atoms with Gasteiger partial charge >= 0.3 is 0 Å². The van der Waals surface area contributed by atoms with Crippen LogP contribution in [0.5, 0.6) is 0 Å². The standard InChI is InChI=1S/C11H17N3O2/c1-7(2)9(4)13-11-5-10(14(15)16)8(3)6-12-11/h5-7,9H,1-4H3,(H,12,13). The molecule has 0 spiro atoms. The van der Waals surface area contributed by atoms with Crippen LogP contribution in [-0.2, 0) is 0 Å². The molecule has 1 aromatic rings. The van der Waals surface area contributed by atoms with Crippen LogP contribution in [0.2, 0.25) is 0 Å². The normalized spacial score (nSPS) is 12.6. The van der Waals surface area contributed by atoms with Gasteiger partial charge < -0.3 is 5.32 Å². The second-order valence-corrected chi connectivity index (χ2v) is 4.29. The van der Waals surface area contributed by atoms with Crippen molar-refractivity contribution in [2.75, 3.05) is 5.32 Å². The molecule has 0 saturated carbocycles. The molecular weight excluding hydrogens is 206 g/mol. The Kier molecular flexibility index (Phi) is 3.82. The number of nitro groups is 1. The summed E-state index contributed by atoms with van der Waals surface area (Å²) in [5.41, 5.74) is 0.682. The first kappa shape index (κ1) is 12.4. The lowest BCUT2D eigenvalue weighted by molar-refractivity contribution is -0.385. The van der Waals surface area contributed by atoms with Crippen LogP contribution in [0.1, 0.15) is 26.3 Å². The number of anilines is 1. The van der Waals surface area contributed by atoms with Crippen molar-refractivity contribution in [2.24, 2.45) is 5.92 Å². The lowest BCUT2D eigenvalue weighted by Crippen LogP contribution is -2.22. The number of hydrogen-bond donors (Lipinski definition) is 1. The third-order valence-electron chi connectivity index (χ3n) is 2.65. The van der Waals surface area contributed by atoms with Crippen LogP contribution in [0, 0.1) is 23.0 Å². The van der Waals surface area contributed by atoms with E-state index >= 15 is 0 Å². The van der Waals surface area contributed by atoms with Gasteiger partial charge in [0.2, 0.25) is 0 Å². The molecule has 0 aliphatic carbocycles. The maximum atomic E-state index is 10.7. The van der Waals surface area contributed by atoms with Gasteiger partial charge in [-0.25, -0.2) is 4.98 Å². The Balaban J connectivity index is 2.91. The molecule has 1 unspecified atom stereocenters. The van der Waals surface area contributed by atoms with E-state index in [1.807, 2.05) is 6.92 Å². The first-order valence-corrected chi connectivity index (χ1v) is 5.29. The predicted molar refractivity (Wildman–Crippen MR) is 63.6 cm³/mol. The van der Waals surface area contributed by atoms with Gasteiger partial charge in [0.1, 0.15) is 5.82 Å². The molecule has 1 aromatic heterocycles. The van der Waals surface area contributed by atoms with Crippen molar-refractivity contribution in [3.8, 4) is 0 Å². The molecule has 0 bridgehead atoms. The summed E-state index contributed by atoms with van der Waals surface area (Å²) in [6, 6.07) is 1.71. The molecule has 0 radical (unpaired) electrons. The van der Waals surface area contributed by atoms with Crippen molar-refractivity contribution in [1.29, 1.82) is 0 Å². The zero-order chi connectivity index (χ0) is 12.3. The molecule has 1 rings (SSSR count). The maximum absolute atomic E-state index is 10.7. The molecule has 0 amide bonds. The average Bonchev–Trinajstić information content (AvgIpc) is 2.20. The summed E-state index contributed by atoms with van der Waals surface area (Å²) >= 11 is 0. The van der Waals surface area contributed by atoms with Crippen molar-refractivity contribution >= 4 is 11.5 Å². The molecule has 5 heteroatoms. The summed E-state index contributed by atoms with van der Waals surface area (Å²) in [5, 5.41) is 13.9. The van der Waals surface area contributed by atoms with E-state index in [1.165, 1.54) is 12.3 Å². The molecule has 88 valence electrons. The maximum Gasteiger partial charge on any atom is 0.277 e. The van der Waals surface area contributed by atoms with E-state index in [0.29, 0.717) is 17.3 Å². The SMILES string of the molecule is Cc1cnc(NC(C)C(C)C)cc1[N+](=O)[O-]. The summed E-state index contributed by atoms with van der Waals surface area (Å²) in [6.45, 7) is 7.87. The Bertz CT molecular complexity index is 391. The van der Waals surface area contributed by atoms with Gasteiger partial charge in [-0.2, -0.15) is 0 Å². The minimum Gasteiger partial charge on any atom is -0.367 e. The highest BCUT2D eigenvalue weighted by Gasteiger charge is 2.14. The molecule has 0 aliphatic rings. The third-order valence-corrected chi connectivity index (χ3v) is 2.65. The van der Waals surface area contributed by atoms with Crippen molar-refractivity contribution in [2.45, 2.75) is 33.7 Å². The van der Waals surface area contributed by atoms with Gasteiger partial charge in [0.25, 0.3) is 5.69 Å². The van der Waals surface area contributed by atoms with Gasteiger partial charge in [-0.3, -0.25) is 10.1 Å². The lowest BCUT2D eigenvalue weighted by atomic mass is 10.1. The number of hydrogen-bond acceptors (Lipinski definition) is 4. The Hall–Kier alpha value is -1.65. The van der Waals surface area contributed by atoms with Gasteiger partial charge in [0, 0.05) is 17.8 Å². The third kappa shape index (κ3) is 2.92. The van der Waals surface area contributed by atoms with Crippen LogP contribution in [0.15, 0.2) is 12.3 Å². The predicted octanol–water partition coefficient (Wildman–Crippen LogP) is 2.75. The van der Waals surface area contributed by atoms with E-state index in [2.05, 4.69) is 24.1 Å². The summed E-state index contributed by atoms with van der Waals surface area (Å²) < 4.78 is 0. The van der Waals surface area contributed by atoms with Gasteiger partial charge in [0.05, 0.1) is 11.0 Å². The Labute approximate surface area is 95.0 Å². The molecule has 0 fully saturated rings. The fraction of sp³-hybridized carbons (Fsp3) is 0.545. The van der Waals surface area contributed by atoms with E-state index in [1.54, 1.807) is 6.92 Å². The highest BCUT2D eigenvalue weighted by molar-refractivity contribution is 5.49. The van der Waals surface area contributed by atoms with E-state index in [-0.39, 0.29) is 16.7 Å². The van der Waals surface area contributed by atoms with Crippen molar-refractivity contribution in [3.05, 3.63) is 27.9 Å². The van der Waals surface area contributed by atoms with Gasteiger partial charge in [-0.05, 0) is 19.8 Å². The first-order valence-electron chi connectivity index (χ1n) is 5.29. The van der Waals surface area contributed by atoms with E-state index < -0.39 is 0 Å². The van der Waals surface area contributed by atoms with Crippen LogP contribution >= 0.6 is 0 Å². The highest BCUT2D eigenvalue weighted by atomic mass is 16.6. The monoisotopic (exact) mass is 223 g/mol. The zero-order valence-electron chi connectivity index (χ0n) is 10.0. The minimum atomic E-state index is -0.387. The molecule has 1 heterocycles. The summed E-state index contributed by atoms with van der Waals surface area (Å²) in [6.07, 6.45) is 1.52. The highest BCUT2D eigenvalue weighted by Crippen LogP contribution is 2.20. The summed E-state index contributed by atoms with van der Waals surface area (Å²) in [7, 11) is 0. The van der Waals surface area contributed by atoms with Gasteiger partial charge in [0.15, 0.2) is 0 Å². The van der Waals surface area contributed by atoms with Crippen molar-refractivity contribution < 1.29 is 4.92 Å². The second kappa shape index (κ2) is 4.92. The summed E-state index contributed by atoms with van der Waals surface area (Å²) in [4.78, 5) is 14.5. The zero-order valence-corrected chi connectivity index (χ0v) is 10.0. The lowest BCUT2D eigenvalue weighted by Gasteiger charge is -2.17. The first-order chi connectivity index (χ1) is 7.41. The van der Waals surface area contributed by atoms with Crippen molar-refractivity contribution in [3.63, 3.8) is 0 Å². The quantitative estimate of drug-likeness (QED) is 0.629. The molecule has 0 aromatic carbocycles. The second-order valence-electron chi connectivity index (χ2n) is 4.29. The number of aromatic nitrogens is 1.